The average Bonchev–Trinajstić information content (AvgIpc) is 2.52. The molecule has 0 radical (unpaired) electrons. The van der Waals surface area contributed by atoms with E-state index in [9.17, 15) is 0 Å². The third-order valence-electron chi connectivity index (χ3n) is 4.17. The van der Waals surface area contributed by atoms with Crippen molar-refractivity contribution in [2.45, 2.75) is 39.7 Å². The largest absolute Gasteiger partial charge is 0.399 e. The number of nitrogens with two attached hydrogens (primary N) is 1. The lowest BCUT2D eigenvalue weighted by molar-refractivity contribution is 0.295. The van der Waals surface area contributed by atoms with Crippen LogP contribution in [0.3, 0.4) is 0 Å². The van der Waals surface area contributed by atoms with Gasteiger partial charge in [0, 0.05) is 29.0 Å². The summed E-state index contributed by atoms with van der Waals surface area (Å²) in [7, 11) is 0. The Balaban J connectivity index is 1.97. The summed E-state index contributed by atoms with van der Waals surface area (Å²) >= 11 is 0. The topological polar surface area (TPSA) is 54.2 Å². The number of rotatable bonds is 8. The second-order valence-electron chi connectivity index (χ2n) is 5.85. The van der Waals surface area contributed by atoms with E-state index in [1.807, 2.05) is 30.5 Å². The van der Waals surface area contributed by atoms with E-state index in [1.54, 1.807) is 0 Å². The van der Waals surface area contributed by atoms with Crippen molar-refractivity contribution in [3.05, 3.63) is 30.5 Å². The zero-order valence-electron chi connectivity index (χ0n) is 14.0. The molecule has 0 fully saturated rings. The van der Waals surface area contributed by atoms with Gasteiger partial charge < -0.3 is 16.0 Å². The second kappa shape index (κ2) is 7.99. The van der Waals surface area contributed by atoms with Crippen molar-refractivity contribution >= 4 is 22.3 Å². The lowest BCUT2D eigenvalue weighted by Gasteiger charge is -2.20. The maximum Gasteiger partial charge on any atom is 0.0724 e. The first-order valence-electron chi connectivity index (χ1n) is 8.27. The average molecular weight is 300 g/mol. The fourth-order valence-corrected chi connectivity index (χ4v) is 2.79. The molecule has 120 valence electrons. The number of hydrogen-bond donors (Lipinski definition) is 2. The molecule has 3 N–H and O–H groups in total. The Kier molecular flexibility index (Phi) is 6.01. The van der Waals surface area contributed by atoms with Crippen LogP contribution < -0.4 is 11.1 Å². The van der Waals surface area contributed by atoms with Crippen molar-refractivity contribution in [1.29, 1.82) is 0 Å². The Bertz CT molecular complexity index is 593. The number of aromatic nitrogens is 1. The maximum atomic E-state index is 5.91. The van der Waals surface area contributed by atoms with Crippen LogP contribution in [-0.4, -0.2) is 35.6 Å². The summed E-state index contributed by atoms with van der Waals surface area (Å²) in [5.74, 6) is 0. The number of nitrogens with zero attached hydrogens (tertiary/aromatic N) is 2. The van der Waals surface area contributed by atoms with Crippen LogP contribution >= 0.6 is 0 Å². The van der Waals surface area contributed by atoms with Crippen molar-refractivity contribution in [2.24, 2.45) is 0 Å². The zero-order chi connectivity index (χ0) is 15.9. The smallest absolute Gasteiger partial charge is 0.0724 e. The van der Waals surface area contributed by atoms with Crippen LogP contribution in [0.25, 0.3) is 10.9 Å². The minimum atomic E-state index is 0.433. The van der Waals surface area contributed by atoms with Crippen LogP contribution in [0, 0.1) is 0 Å². The second-order valence-corrected chi connectivity index (χ2v) is 5.85. The molecule has 1 aromatic heterocycles. The van der Waals surface area contributed by atoms with Crippen molar-refractivity contribution < 1.29 is 0 Å². The van der Waals surface area contributed by atoms with Gasteiger partial charge in [0.05, 0.1) is 5.52 Å². The Labute approximate surface area is 133 Å². The first-order chi connectivity index (χ1) is 10.6. The van der Waals surface area contributed by atoms with E-state index in [-0.39, 0.29) is 0 Å². The molecular formula is C18H28N4. The van der Waals surface area contributed by atoms with Crippen molar-refractivity contribution in [3.8, 4) is 0 Å². The van der Waals surface area contributed by atoms with Gasteiger partial charge in [-0.3, -0.25) is 4.98 Å². The Morgan fingerprint density at radius 1 is 1.23 bits per heavy atom. The highest BCUT2D eigenvalue weighted by Gasteiger charge is 2.07. The highest BCUT2D eigenvalue weighted by molar-refractivity contribution is 5.93. The summed E-state index contributed by atoms with van der Waals surface area (Å²) in [6, 6.07) is 8.33. The Hall–Kier alpha value is -1.81. The summed E-state index contributed by atoms with van der Waals surface area (Å²) < 4.78 is 0. The van der Waals surface area contributed by atoms with Crippen molar-refractivity contribution in [1.82, 2.24) is 9.88 Å². The third kappa shape index (κ3) is 4.34. The van der Waals surface area contributed by atoms with Gasteiger partial charge >= 0.3 is 0 Å². The molecule has 2 aromatic rings. The predicted molar refractivity (Wildman–Crippen MR) is 96.3 cm³/mol. The molecule has 1 atom stereocenters. The van der Waals surface area contributed by atoms with E-state index >= 15 is 0 Å². The monoisotopic (exact) mass is 300 g/mol. The van der Waals surface area contributed by atoms with Crippen LogP contribution in [0.1, 0.15) is 33.6 Å². The van der Waals surface area contributed by atoms with Gasteiger partial charge in [-0.15, -0.1) is 0 Å². The van der Waals surface area contributed by atoms with E-state index in [0.29, 0.717) is 6.04 Å². The molecule has 0 amide bonds. The molecule has 4 heteroatoms. The lowest BCUT2D eigenvalue weighted by atomic mass is 10.1. The molecule has 2 rings (SSSR count). The molecule has 0 aliphatic rings. The first-order valence-corrected chi connectivity index (χ1v) is 8.27. The standard InChI is InChI=1S/C18H28N4/c1-4-22(5-2)12-6-7-14(3)21-18-10-11-20-17-9-8-15(19)13-16(17)18/h8-11,13-14H,4-7,12,19H2,1-3H3,(H,20,21). The van der Waals surface area contributed by atoms with Crippen LogP contribution in [0.4, 0.5) is 11.4 Å². The van der Waals surface area contributed by atoms with Gasteiger partial charge in [0.25, 0.3) is 0 Å². The van der Waals surface area contributed by atoms with Crippen LogP contribution in [0.2, 0.25) is 0 Å². The molecule has 0 bridgehead atoms. The zero-order valence-corrected chi connectivity index (χ0v) is 14.0. The molecular weight excluding hydrogens is 272 g/mol. The molecule has 0 spiro atoms. The molecule has 1 aromatic carbocycles. The number of nitrogens with one attached hydrogen (secondary N) is 1. The fraction of sp³-hybridized carbons (Fsp3) is 0.500. The summed E-state index contributed by atoms with van der Waals surface area (Å²) in [5.41, 5.74) is 8.78. The van der Waals surface area contributed by atoms with Gasteiger partial charge in [0.15, 0.2) is 0 Å². The summed E-state index contributed by atoms with van der Waals surface area (Å²) in [4.78, 5) is 6.86. The van der Waals surface area contributed by atoms with E-state index < -0.39 is 0 Å². The Morgan fingerprint density at radius 3 is 2.73 bits per heavy atom. The molecule has 0 saturated heterocycles. The Morgan fingerprint density at radius 2 is 2.00 bits per heavy atom. The van der Waals surface area contributed by atoms with E-state index in [1.165, 1.54) is 13.0 Å². The number of hydrogen-bond acceptors (Lipinski definition) is 4. The quantitative estimate of drug-likeness (QED) is 0.729. The molecule has 0 saturated carbocycles. The molecule has 22 heavy (non-hydrogen) atoms. The SMILES string of the molecule is CCN(CC)CCCC(C)Nc1ccnc2ccc(N)cc12. The van der Waals surface area contributed by atoms with Crippen LogP contribution in [-0.2, 0) is 0 Å². The number of nitrogen functional groups attached to an aromatic ring is 1. The van der Waals surface area contributed by atoms with Crippen molar-refractivity contribution in [3.63, 3.8) is 0 Å². The highest BCUT2D eigenvalue weighted by Crippen LogP contribution is 2.24. The van der Waals surface area contributed by atoms with Gasteiger partial charge in [-0.2, -0.15) is 0 Å². The fourth-order valence-electron chi connectivity index (χ4n) is 2.79. The number of benzene rings is 1. The molecule has 1 unspecified atom stereocenters. The lowest BCUT2D eigenvalue weighted by Crippen LogP contribution is -2.25. The minimum Gasteiger partial charge on any atom is -0.399 e. The minimum absolute atomic E-state index is 0.433. The van der Waals surface area contributed by atoms with Gasteiger partial charge in [0.1, 0.15) is 0 Å². The molecule has 0 aliphatic heterocycles. The van der Waals surface area contributed by atoms with Gasteiger partial charge in [-0.05, 0) is 63.7 Å². The van der Waals surface area contributed by atoms with Crippen LogP contribution in [0.15, 0.2) is 30.5 Å². The van der Waals surface area contributed by atoms with Crippen LogP contribution in [0.5, 0.6) is 0 Å². The predicted octanol–water partition coefficient (Wildman–Crippen LogP) is 3.74. The summed E-state index contributed by atoms with van der Waals surface area (Å²) in [5, 5.41) is 4.70. The normalized spacial score (nSPS) is 12.7. The highest BCUT2D eigenvalue weighted by atomic mass is 15.1. The van der Waals surface area contributed by atoms with Crippen molar-refractivity contribution in [2.75, 3.05) is 30.7 Å². The van der Waals surface area contributed by atoms with E-state index in [0.717, 1.165) is 41.8 Å². The summed E-state index contributed by atoms with van der Waals surface area (Å²) in [6.45, 7) is 10.1. The number of anilines is 2. The van der Waals surface area contributed by atoms with Gasteiger partial charge in [-0.1, -0.05) is 13.8 Å². The molecule has 4 nitrogen and oxygen atoms in total. The number of pyridine rings is 1. The molecule has 0 aliphatic carbocycles. The third-order valence-corrected chi connectivity index (χ3v) is 4.17. The maximum absolute atomic E-state index is 5.91. The summed E-state index contributed by atoms with van der Waals surface area (Å²) in [6.07, 6.45) is 4.22. The van der Waals surface area contributed by atoms with Gasteiger partial charge in [0.2, 0.25) is 0 Å². The van der Waals surface area contributed by atoms with Gasteiger partial charge in [-0.25, -0.2) is 0 Å². The molecule has 1 heterocycles. The number of fused-ring (bicyclic) bond motifs is 1. The van der Waals surface area contributed by atoms with E-state index in [4.69, 9.17) is 5.73 Å². The van der Waals surface area contributed by atoms with E-state index in [2.05, 4.69) is 36.0 Å². The first kappa shape index (κ1) is 16.6.